The molecule has 1 fully saturated rings. The van der Waals surface area contributed by atoms with E-state index < -0.39 is 0 Å². The number of carbonyl (C=O) groups excluding carboxylic acids is 1. The smallest absolute Gasteiger partial charge is 0.246 e. The van der Waals surface area contributed by atoms with E-state index in [4.69, 9.17) is 16.1 Å². The fourth-order valence-electron chi connectivity index (χ4n) is 2.24. The molecule has 8 heteroatoms. The number of hydrogen-bond donors (Lipinski definition) is 2. The van der Waals surface area contributed by atoms with Gasteiger partial charge in [-0.3, -0.25) is 4.79 Å². The number of hydrogen-bond acceptors (Lipinski definition) is 5. The summed E-state index contributed by atoms with van der Waals surface area (Å²) in [5, 5.41) is 10.5. The Balaban J connectivity index is 0.00000176. The molecule has 0 bridgehead atoms. The molecule has 0 saturated carbocycles. The zero-order chi connectivity index (χ0) is 14.7. The van der Waals surface area contributed by atoms with Crippen LogP contribution in [0, 0.1) is 0 Å². The van der Waals surface area contributed by atoms with E-state index in [2.05, 4.69) is 20.8 Å². The van der Waals surface area contributed by atoms with Gasteiger partial charge >= 0.3 is 0 Å². The van der Waals surface area contributed by atoms with Crippen LogP contribution in [0.3, 0.4) is 0 Å². The molecule has 1 aromatic heterocycles. The minimum Gasteiger partial charge on any atom is -0.346 e. The number of amides is 1. The lowest BCUT2D eigenvalue weighted by molar-refractivity contribution is -0.123. The summed E-state index contributed by atoms with van der Waals surface area (Å²) < 4.78 is 5.13. The van der Waals surface area contributed by atoms with Gasteiger partial charge in [0.2, 0.25) is 17.6 Å². The molecule has 2 aromatic rings. The molecule has 1 saturated heterocycles. The van der Waals surface area contributed by atoms with Gasteiger partial charge in [-0.25, -0.2) is 0 Å². The molecule has 2 N–H and O–H groups in total. The molecule has 1 aliphatic heterocycles. The van der Waals surface area contributed by atoms with Crippen molar-refractivity contribution in [2.24, 2.45) is 0 Å². The van der Waals surface area contributed by atoms with Gasteiger partial charge in [-0.05, 0) is 43.7 Å². The predicted molar refractivity (Wildman–Crippen MR) is 84.9 cm³/mol. The van der Waals surface area contributed by atoms with Crippen molar-refractivity contribution in [3.63, 3.8) is 0 Å². The molecule has 0 radical (unpaired) electrons. The topological polar surface area (TPSA) is 80.1 Å². The SMILES string of the molecule is Cl.O=C(NCc1nc(-c2ccc(Cl)cc2)no1)C1CCCN1. The number of nitrogens with zero attached hydrogens (tertiary/aromatic N) is 2. The van der Waals surface area contributed by atoms with Gasteiger partial charge in [-0.1, -0.05) is 16.8 Å². The van der Waals surface area contributed by atoms with Gasteiger partial charge in [0, 0.05) is 10.6 Å². The van der Waals surface area contributed by atoms with Crippen LogP contribution in [-0.2, 0) is 11.3 Å². The second kappa shape index (κ2) is 7.58. The average Bonchev–Trinajstić information content (AvgIpc) is 3.17. The number of rotatable bonds is 4. The van der Waals surface area contributed by atoms with Gasteiger partial charge in [0.25, 0.3) is 0 Å². The molecule has 22 heavy (non-hydrogen) atoms. The molecular weight excluding hydrogens is 327 g/mol. The molecule has 1 aliphatic rings. The quantitative estimate of drug-likeness (QED) is 0.890. The molecule has 1 aromatic carbocycles. The van der Waals surface area contributed by atoms with Crippen LogP contribution in [0.4, 0.5) is 0 Å². The monoisotopic (exact) mass is 342 g/mol. The van der Waals surface area contributed by atoms with Crippen molar-refractivity contribution in [3.05, 3.63) is 35.2 Å². The third-order valence-corrected chi connectivity index (χ3v) is 3.61. The molecule has 6 nitrogen and oxygen atoms in total. The molecule has 1 amide bonds. The summed E-state index contributed by atoms with van der Waals surface area (Å²) in [6.07, 6.45) is 1.89. The van der Waals surface area contributed by atoms with E-state index in [1.54, 1.807) is 12.1 Å². The van der Waals surface area contributed by atoms with E-state index in [0.29, 0.717) is 16.7 Å². The van der Waals surface area contributed by atoms with Crippen molar-refractivity contribution in [2.45, 2.75) is 25.4 Å². The van der Waals surface area contributed by atoms with Crippen LogP contribution in [0.1, 0.15) is 18.7 Å². The first-order valence-electron chi connectivity index (χ1n) is 6.82. The Morgan fingerprint density at radius 1 is 1.41 bits per heavy atom. The number of carbonyl (C=O) groups is 1. The maximum atomic E-state index is 11.9. The van der Waals surface area contributed by atoms with Crippen LogP contribution >= 0.6 is 24.0 Å². The molecule has 1 unspecified atom stereocenters. The highest BCUT2D eigenvalue weighted by molar-refractivity contribution is 6.30. The maximum absolute atomic E-state index is 11.9. The fourth-order valence-corrected chi connectivity index (χ4v) is 2.36. The minimum atomic E-state index is -0.108. The largest absolute Gasteiger partial charge is 0.346 e. The normalized spacial score (nSPS) is 17.0. The van der Waals surface area contributed by atoms with Crippen molar-refractivity contribution >= 4 is 29.9 Å². The Bertz CT molecular complexity index is 624. The zero-order valence-corrected chi connectivity index (χ0v) is 13.3. The molecule has 2 heterocycles. The highest BCUT2D eigenvalue weighted by Crippen LogP contribution is 2.18. The molecular formula is C14H16Cl2N4O2. The standard InChI is InChI=1S/C14H15ClN4O2.ClH/c15-10-5-3-9(4-6-10)13-18-12(21-19-13)8-17-14(20)11-2-1-7-16-11;/h3-6,11,16H,1-2,7-8H2,(H,17,20);1H. The minimum absolute atomic E-state index is 0. The molecule has 0 spiro atoms. The Labute approximate surface area is 139 Å². The van der Waals surface area contributed by atoms with E-state index in [1.165, 1.54) is 0 Å². The Morgan fingerprint density at radius 2 is 2.18 bits per heavy atom. The summed E-state index contributed by atoms with van der Waals surface area (Å²) in [5.41, 5.74) is 0.818. The Hall–Kier alpha value is -1.63. The predicted octanol–water partition coefficient (Wildman–Crippen LogP) is 2.18. The summed E-state index contributed by atoms with van der Waals surface area (Å²) in [4.78, 5) is 16.1. The fraction of sp³-hybridized carbons (Fsp3) is 0.357. The summed E-state index contributed by atoms with van der Waals surface area (Å²) in [6.45, 7) is 1.12. The maximum Gasteiger partial charge on any atom is 0.246 e. The lowest BCUT2D eigenvalue weighted by atomic mass is 10.2. The Kier molecular flexibility index (Phi) is 5.76. The second-order valence-electron chi connectivity index (χ2n) is 4.89. The van der Waals surface area contributed by atoms with Crippen LogP contribution in [0.5, 0.6) is 0 Å². The molecule has 1 atom stereocenters. The Morgan fingerprint density at radius 3 is 2.86 bits per heavy atom. The van der Waals surface area contributed by atoms with Gasteiger partial charge in [0.15, 0.2) is 0 Å². The summed E-state index contributed by atoms with van der Waals surface area (Å²) in [7, 11) is 0. The van der Waals surface area contributed by atoms with Crippen LogP contribution in [0.2, 0.25) is 5.02 Å². The second-order valence-corrected chi connectivity index (χ2v) is 5.32. The number of nitrogens with one attached hydrogen (secondary N) is 2. The van der Waals surface area contributed by atoms with Crippen LogP contribution in [0.15, 0.2) is 28.8 Å². The summed E-state index contributed by atoms with van der Waals surface area (Å²) >= 11 is 5.83. The van der Waals surface area contributed by atoms with Gasteiger partial charge in [0.1, 0.15) is 0 Å². The lowest BCUT2D eigenvalue weighted by Crippen LogP contribution is -2.40. The van der Waals surface area contributed by atoms with Crippen LogP contribution in [-0.4, -0.2) is 28.6 Å². The highest BCUT2D eigenvalue weighted by Gasteiger charge is 2.22. The van der Waals surface area contributed by atoms with Gasteiger partial charge in [0.05, 0.1) is 12.6 Å². The van der Waals surface area contributed by atoms with E-state index in [1.807, 2.05) is 12.1 Å². The number of aromatic nitrogens is 2. The summed E-state index contributed by atoms with van der Waals surface area (Å²) in [5.74, 6) is 0.833. The average molecular weight is 343 g/mol. The van der Waals surface area contributed by atoms with Crippen molar-refractivity contribution in [1.82, 2.24) is 20.8 Å². The summed E-state index contributed by atoms with van der Waals surface area (Å²) in [6, 6.07) is 7.06. The van der Waals surface area contributed by atoms with Crippen LogP contribution < -0.4 is 10.6 Å². The zero-order valence-electron chi connectivity index (χ0n) is 11.7. The first kappa shape index (κ1) is 16.7. The third kappa shape index (κ3) is 3.97. The van der Waals surface area contributed by atoms with Crippen molar-refractivity contribution in [1.29, 1.82) is 0 Å². The van der Waals surface area contributed by atoms with E-state index in [0.717, 1.165) is 24.9 Å². The van der Waals surface area contributed by atoms with E-state index in [-0.39, 0.29) is 30.9 Å². The first-order valence-corrected chi connectivity index (χ1v) is 7.20. The van der Waals surface area contributed by atoms with Crippen molar-refractivity contribution < 1.29 is 9.32 Å². The lowest BCUT2D eigenvalue weighted by Gasteiger charge is -2.08. The molecule has 118 valence electrons. The molecule has 3 rings (SSSR count). The molecule has 0 aliphatic carbocycles. The van der Waals surface area contributed by atoms with Crippen LogP contribution in [0.25, 0.3) is 11.4 Å². The van der Waals surface area contributed by atoms with E-state index >= 15 is 0 Å². The van der Waals surface area contributed by atoms with Crippen molar-refractivity contribution in [3.8, 4) is 11.4 Å². The van der Waals surface area contributed by atoms with Gasteiger partial charge in [-0.15, -0.1) is 12.4 Å². The number of halogens is 2. The van der Waals surface area contributed by atoms with Gasteiger partial charge < -0.3 is 15.2 Å². The highest BCUT2D eigenvalue weighted by atomic mass is 35.5. The number of benzene rings is 1. The van der Waals surface area contributed by atoms with Crippen molar-refractivity contribution in [2.75, 3.05) is 6.54 Å². The van der Waals surface area contributed by atoms with E-state index in [9.17, 15) is 4.79 Å². The van der Waals surface area contributed by atoms with Gasteiger partial charge in [-0.2, -0.15) is 4.98 Å². The third-order valence-electron chi connectivity index (χ3n) is 3.36. The first-order chi connectivity index (χ1) is 10.2.